The van der Waals surface area contributed by atoms with Gasteiger partial charge >= 0.3 is 0 Å². The molecule has 3 N–H and O–H groups in total. The van der Waals surface area contributed by atoms with Gasteiger partial charge < -0.3 is 24.6 Å². The van der Waals surface area contributed by atoms with Crippen molar-refractivity contribution < 1.29 is 9.13 Å². The Morgan fingerprint density at radius 1 is 0.909 bits per heavy atom. The Bertz CT molecular complexity index is 2040. The van der Waals surface area contributed by atoms with Gasteiger partial charge in [0, 0.05) is 17.9 Å². The lowest BCUT2D eigenvalue weighted by Gasteiger charge is -2.28. The Balaban J connectivity index is 1.32. The maximum Gasteiger partial charge on any atom is 0.272 e. The van der Waals surface area contributed by atoms with Crippen molar-refractivity contribution in [1.82, 2.24) is 19.9 Å². The minimum atomic E-state index is -0.442. The summed E-state index contributed by atoms with van der Waals surface area (Å²) in [7, 11) is 0. The van der Waals surface area contributed by atoms with E-state index in [1.807, 2.05) is 0 Å². The summed E-state index contributed by atoms with van der Waals surface area (Å²) >= 11 is 0. The molecule has 0 spiro atoms. The van der Waals surface area contributed by atoms with Crippen LogP contribution in [0.25, 0.3) is 12.2 Å². The van der Waals surface area contributed by atoms with E-state index in [2.05, 4.69) is 64.9 Å². The molecule has 6 rings (SSSR count). The first-order valence-corrected chi connectivity index (χ1v) is 14.8. The first-order chi connectivity index (χ1) is 21.3. The maximum absolute atomic E-state index is 13.2. The van der Waals surface area contributed by atoms with Crippen LogP contribution in [-0.2, 0) is 6.42 Å². The average Bonchev–Trinajstić information content (AvgIpc) is 3.63. The third kappa shape index (κ3) is 5.99. The van der Waals surface area contributed by atoms with Crippen LogP contribution in [0.4, 0.5) is 10.1 Å². The van der Waals surface area contributed by atoms with Gasteiger partial charge in [-0.15, -0.1) is 0 Å². The molecule has 1 aliphatic heterocycles. The van der Waals surface area contributed by atoms with E-state index in [1.54, 1.807) is 36.4 Å². The molecule has 0 aliphatic carbocycles. The Kier molecular flexibility index (Phi) is 8.02. The van der Waals surface area contributed by atoms with Crippen molar-refractivity contribution in [2.75, 3.05) is 11.4 Å². The van der Waals surface area contributed by atoms with E-state index in [1.165, 1.54) is 35.5 Å². The average molecular weight is 592 g/mol. The van der Waals surface area contributed by atoms with Gasteiger partial charge in [-0.2, -0.15) is 0 Å². The van der Waals surface area contributed by atoms with Crippen LogP contribution in [0, 0.1) is 5.82 Å². The molecule has 5 aromatic rings. The summed E-state index contributed by atoms with van der Waals surface area (Å²) in [5, 5.41) is 0.233. The third-order valence-corrected chi connectivity index (χ3v) is 7.84. The number of para-hydroxylation sites is 1. The monoisotopic (exact) mass is 591 g/mol. The van der Waals surface area contributed by atoms with Gasteiger partial charge in [0.1, 0.15) is 33.8 Å². The minimum absolute atomic E-state index is 0.0513. The molecule has 8 nitrogen and oxygen atoms in total. The zero-order chi connectivity index (χ0) is 30.8. The number of ether oxygens (including phenoxy) is 1. The molecule has 0 bridgehead atoms. The van der Waals surface area contributed by atoms with Crippen molar-refractivity contribution in [3.05, 3.63) is 138 Å². The minimum Gasteiger partial charge on any atom is -0.457 e. The highest BCUT2D eigenvalue weighted by Gasteiger charge is 2.28. The highest BCUT2D eigenvalue weighted by molar-refractivity contribution is 5.59. The van der Waals surface area contributed by atoms with E-state index >= 15 is 0 Å². The number of fused-ring (bicyclic) bond motifs is 1. The molecule has 224 valence electrons. The van der Waals surface area contributed by atoms with Crippen LogP contribution in [0.5, 0.6) is 11.5 Å². The normalized spacial score (nSPS) is 14.3. The van der Waals surface area contributed by atoms with Crippen LogP contribution in [0.2, 0.25) is 0 Å². The smallest absolute Gasteiger partial charge is 0.272 e. The summed E-state index contributed by atoms with van der Waals surface area (Å²) in [4.78, 5) is 42.6. The molecule has 1 atom stereocenters. The lowest BCUT2D eigenvalue weighted by atomic mass is 10.1. The Morgan fingerprint density at radius 2 is 1.64 bits per heavy atom. The van der Waals surface area contributed by atoms with Crippen molar-refractivity contribution in [2.45, 2.75) is 45.6 Å². The number of anilines is 1. The number of H-pyrrole nitrogens is 3. The fraction of sp³-hybridized carbons (Fsp3) is 0.229. The summed E-state index contributed by atoms with van der Waals surface area (Å²) in [5.41, 5.74) is 3.87. The molecular weight excluding hydrogens is 557 g/mol. The number of aromatic nitrogens is 4. The van der Waals surface area contributed by atoms with Crippen molar-refractivity contribution >= 4 is 17.8 Å². The second-order valence-electron chi connectivity index (χ2n) is 11.2. The second-order valence-corrected chi connectivity index (χ2v) is 11.2. The zero-order valence-electron chi connectivity index (χ0n) is 24.9. The maximum atomic E-state index is 13.2. The fourth-order valence-electron chi connectivity index (χ4n) is 5.68. The third-order valence-electron chi connectivity index (χ3n) is 7.84. The molecule has 0 amide bonds. The predicted octanol–water partition coefficient (Wildman–Crippen LogP) is 5.01. The van der Waals surface area contributed by atoms with Gasteiger partial charge in [0.25, 0.3) is 11.1 Å². The lowest BCUT2D eigenvalue weighted by Crippen LogP contribution is -2.46. The van der Waals surface area contributed by atoms with Gasteiger partial charge in [-0.05, 0) is 84.5 Å². The Labute approximate surface area is 253 Å². The van der Waals surface area contributed by atoms with Gasteiger partial charge in [-0.25, -0.2) is 9.37 Å². The number of imidazole rings is 1. The van der Waals surface area contributed by atoms with Gasteiger partial charge in [-0.1, -0.05) is 51.1 Å². The quantitative estimate of drug-likeness (QED) is 0.235. The topological polar surface area (TPSA) is 107 Å². The Hall–Kier alpha value is -5.18. The summed E-state index contributed by atoms with van der Waals surface area (Å²) in [6, 6.07) is 21.2. The van der Waals surface area contributed by atoms with Crippen LogP contribution >= 0.6 is 0 Å². The summed E-state index contributed by atoms with van der Waals surface area (Å²) in [6.45, 7) is 7.20. The number of aromatic amines is 3. The molecule has 3 aromatic carbocycles. The molecule has 0 saturated heterocycles. The molecule has 0 saturated carbocycles. The largest absolute Gasteiger partial charge is 0.457 e. The number of nitrogens with zero attached hydrogens (tertiary/aromatic N) is 2. The molecule has 1 unspecified atom stereocenters. The molecule has 9 heteroatoms. The number of hydrogen-bond acceptors (Lipinski definition) is 5. The second kappa shape index (κ2) is 12.2. The predicted molar refractivity (Wildman–Crippen MR) is 170 cm³/mol. The number of rotatable bonds is 8. The number of halogens is 1. The van der Waals surface area contributed by atoms with Crippen LogP contribution < -0.4 is 31.5 Å². The summed E-state index contributed by atoms with van der Waals surface area (Å²) < 4.78 is 19.0. The standard InChI is InChI=1S/C35H34FN5O3/c1-4-30(41-17-16-23-9-5-6-11-31(23)41)33-37-27(32(40-33)21(2)3)20-29-35(43)38-28(34(42)39-29)19-22-8-7-10-26(18-22)44-25-14-12-24(36)13-15-25/h5-15,18-21,30H,4,16-17H2,1-3H3,(H,37,40)(H,38,43)(H,39,42)/b28-19-,29-20-. The van der Waals surface area contributed by atoms with Gasteiger partial charge in [-0.3, -0.25) is 9.59 Å². The molecule has 0 radical (unpaired) electrons. The highest BCUT2D eigenvalue weighted by atomic mass is 19.1. The SMILES string of the molecule is CCC(c1nc(/C=c2\[nH]c(=O)/c(=C/c3cccc(Oc4ccc(F)cc4)c3)[nH]c2=O)c(C(C)C)[nH]1)N1CCc2ccccc21. The first-order valence-electron chi connectivity index (χ1n) is 14.8. The summed E-state index contributed by atoms with van der Waals surface area (Å²) in [6.07, 6.45) is 5.07. The molecule has 1 aliphatic rings. The van der Waals surface area contributed by atoms with Crippen molar-refractivity contribution in [3.8, 4) is 11.5 Å². The molecule has 2 aromatic heterocycles. The summed E-state index contributed by atoms with van der Waals surface area (Å²) in [5.74, 6) is 1.59. The lowest BCUT2D eigenvalue weighted by molar-refractivity contribution is 0.480. The first kappa shape index (κ1) is 28.9. The van der Waals surface area contributed by atoms with Crippen LogP contribution in [0.3, 0.4) is 0 Å². The highest BCUT2D eigenvalue weighted by Crippen LogP contribution is 2.36. The van der Waals surface area contributed by atoms with Crippen LogP contribution in [0.1, 0.15) is 67.5 Å². The van der Waals surface area contributed by atoms with E-state index in [-0.39, 0.29) is 28.5 Å². The van der Waals surface area contributed by atoms with Crippen molar-refractivity contribution in [2.24, 2.45) is 0 Å². The number of nitrogens with one attached hydrogen (secondary N) is 3. The van der Waals surface area contributed by atoms with Crippen LogP contribution in [0.15, 0.2) is 82.4 Å². The fourth-order valence-corrected chi connectivity index (χ4v) is 5.68. The van der Waals surface area contributed by atoms with E-state index in [0.29, 0.717) is 22.8 Å². The van der Waals surface area contributed by atoms with E-state index in [9.17, 15) is 14.0 Å². The van der Waals surface area contributed by atoms with E-state index < -0.39 is 11.1 Å². The Morgan fingerprint density at radius 3 is 2.36 bits per heavy atom. The van der Waals surface area contributed by atoms with E-state index in [0.717, 1.165) is 30.9 Å². The van der Waals surface area contributed by atoms with Gasteiger partial charge in [0.2, 0.25) is 0 Å². The number of hydrogen-bond donors (Lipinski definition) is 3. The van der Waals surface area contributed by atoms with Gasteiger partial charge in [0.15, 0.2) is 0 Å². The molecule has 0 fully saturated rings. The zero-order valence-corrected chi connectivity index (χ0v) is 24.9. The van der Waals surface area contributed by atoms with Crippen molar-refractivity contribution in [3.63, 3.8) is 0 Å². The van der Waals surface area contributed by atoms with Crippen LogP contribution in [-0.4, -0.2) is 26.5 Å². The molecular formula is C35H34FN5O3. The van der Waals surface area contributed by atoms with Crippen molar-refractivity contribution in [1.29, 1.82) is 0 Å². The molecule has 3 heterocycles. The van der Waals surface area contributed by atoms with E-state index in [4.69, 9.17) is 9.72 Å². The van der Waals surface area contributed by atoms with Gasteiger partial charge in [0.05, 0.1) is 11.7 Å². The number of benzene rings is 3. The molecule has 44 heavy (non-hydrogen) atoms.